The van der Waals surface area contributed by atoms with E-state index in [1.807, 2.05) is 19.2 Å². The summed E-state index contributed by atoms with van der Waals surface area (Å²) in [4.78, 5) is 6.57. The smallest absolute Gasteiger partial charge is 0.128 e. The molecule has 0 fully saturated rings. The highest BCUT2D eigenvalue weighted by Gasteiger charge is 2.05. The van der Waals surface area contributed by atoms with Gasteiger partial charge in [-0.2, -0.15) is 0 Å². The summed E-state index contributed by atoms with van der Waals surface area (Å²) in [6, 6.07) is 4.13. The maximum atomic E-state index is 5.86. The minimum absolute atomic E-state index is 0.0748. The van der Waals surface area contributed by atoms with E-state index in [-0.39, 0.29) is 6.04 Å². The van der Waals surface area contributed by atoms with E-state index in [0.29, 0.717) is 0 Å². The fourth-order valence-corrected chi connectivity index (χ4v) is 1.64. The molecule has 3 nitrogen and oxygen atoms in total. The number of hydrogen-bond donors (Lipinski definition) is 1. The van der Waals surface area contributed by atoms with Crippen molar-refractivity contribution in [3.8, 4) is 0 Å². The number of nitrogens with two attached hydrogens (primary N) is 1. The number of nitrogens with zero attached hydrogens (tertiary/aromatic N) is 2. The van der Waals surface area contributed by atoms with E-state index in [1.54, 1.807) is 0 Å². The lowest BCUT2D eigenvalue weighted by atomic mass is 10.1. The van der Waals surface area contributed by atoms with Crippen LogP contribution in [0, 0.1) is 0 Å². The maximum absolute atomic E-state index is 5.86. The summed E-state index contributed by atoms with van der Waals surface area (Å²) in [6.07, 6.45) is 5.58. The van der Waals surface area contributed by atoms with E-state index in [9.17, 15) is 0 Å². The zero-order chi connectivity index (χ0) is 12.0. The van der Waals surface area contributed by atoms with Crippen molar-refractivity contribution < 1.29 is 0 Å². The van der Waals surface area contributed by atoms with Crippen molar-refractivity contribution in [3.05, 3.63) is 23.9 Å². The van der Waals surface area contributed by atoms with Crippen molar-refractivity contribution in [1.29, 1.82) is 0 Å². The van der Waals surface area contributed by atoms with Crippen molar-refractivity contribution >= 4 is 5.82 Å². The average molecular weight is 221 g/mol. The molecule has 0 aliphatic rings. The number of anilines is 1. The lowest BCUT2D eigenvalue weighted by Gasteiger charge is -2.19. The van der Waals surface area contributed by atoms with Crippen molar-refractivity contribution in [1.82, 2.24) is 4.98 Å². The lowest BCUT2D eigenvalue weighted by molar-refractivity contribution is 0.700. The van der Waals surface area contributed by atoms with Gasteiger partial charge in [0.05, 0.1) is 0 Å². The molecule has 0 bridgehead atoms. The van der Waals surface area contributed by atoms with E-state index in [1.165, 1.54) is 19.3 Å². The minimum Gasteiger partial charge on any atom is -0.360 e. The first-order valence-electron chi connectivity index (χ1n) is 6.07. The average Bonchev–Trinajstić information content (AvgIpc) is 2.29. The SMILES string of the molecule is CCCCCN(C)c1cc(C(C)N)ccn1. The molecule has 1 aromatic heterocycles. The quantitative estimate of drug-likeness (QED) is 0.751. The normalized spacial score (nSPS) is 12.5. The van der Waals surface area contributed by atoms with Crippen LogP contribution in [0.3, 0.4) is 0 Å². The van der Waals surface area contributed by atoms with Crippen molar-refractivity contribution in [3.63, 3.8) is 0 Å². The predicted octanol–water partition coefficient (Wildman–Crippen LogP) is 2.73. The molecule has 0 aliphatic carbocycles. The van der Waals surface area contributed by atoms with Gasteiger partial charge in [0.25, 0.3) is 0 Å². The van der Waals surface area contributed by atoms with Gasteiger partial charge in [0.15, 0.2) is 0 Å². The molecule has 90 valence electrons. The molecule has 0 radical (unpaired) electrons. The van der Waals surface area contributed by atoms with Crippen LogP contribution < -0.4 is 10.6 Å². The summed E-state index contributed by atoms with van der Waals surface area (Å²) < 4.78 is 0. The summed E-state index contributed by atoms with van der Waals surface area (Å²) in [5.74, 6) is 1.02. The first-order valence-corrected chi connectivity index (χ1v) is 6.07. The molecule has 2 N–H and O–H groups in total. The molecular formula is C13H23N3. The predicted molar refractivity (Wildman–Crippen MR) is 69.6 cm³/mol. The molecule has 1 heterocycles. The van der Waals surface area contributed by atoms with Crippen LogP contribution in [-0.2, 0) is 0 Å². The van der Waals surface area contributed by atoms with Gasteiger partial charge < -0.3 is 10.6 Å². The fraction of sp³-hybridized carbons (Fsp3) is 0.615. The Kier molecular flexibility index (Phi) is 5.26. The van der Waals surface area contributed by atoms with Crippen LogP contribution in [0.15, 0.2) is 18.3 Å². The van der Waals surface area contributed by atoms with Gasteiger partial charge in [-0.3, -0.25) is 0 Å². The van der Waals surface area contributed by atoms with Crippen molar-refractivity contribution in [2.45, 2.75) is 39.2 Å². The molecule has 1 atom stereocenters. The largest absolute Gasteiger partial charge is 0.360 e. The van der Waals surface area contributed by atoms with Crippen molar-refractivity contribution in [2.24, 2.45) is 5.73 Å². The van der Waals surface area contributed by atoms with E-state index in [0.717, 1.165) is 17.9 Å². The monoisotopic (exact) mass is 221 g/mol. The van der Waals surface area contributed by atoms with Gasteiger partial charge in [-0.05, 0) is 31.0 Å². The molecule has 0 aliphatic heterocycles. The number of unbranched alkanes of at least 4 members (excludes halogenated alkanes) is 2. The lowest BCUT2D eigenvalue weighted by Crippen LogP contribution is -2.20. The first kappa shape index (κ1) is 13.0. The molecule has 0 aromatic carbocycles. The molecule has 16 heavy (non-hydrogen) atoms. The molecule has 0 saturated carbocycles. The van der Waals surface area contributed by atoms with Gasteiger partial charge in [-0.15, -0.1) is 0 Å². The highest BCUT2D eigenvalue weighted by atomic mass is 15.2. The maximum Gasteiger partial charge on any atom is 0.128 e. The number of rotatable bonds is 6. The summed E-state index contributed by atoms with van der Waals surface area (Å²) in [5, 5.41) is 0. The van der Waals surface area contributed by atoms with Gasteiger partial charge >= 0.3 is 0 Å². The summed E-state index contributed by atoms with van der Waals surface area (Å²) in [5.41, 5.74) is 7.00. The minimum atomic E-state index is 0.0748. The summed E-state index contributed by atoms with van der Waals surface area (Å²) >= 11 is 0. The van der Waals surface area contributed by atoms with Gasteiger partial charge in [-0.1, -0.05) is 19.8 Å². The Morgan fingerprint density at radius 2 is 2.19 bits per heavy atom. The van der Waals surface area contributed by atoms with E-state index in [4.69, 9.17) is 5.73 Å². The van der Waals surface area contributed by atoms with Crippen LogP contribution >= 0.6 is 0 Å². The fourth-order valence-electron chi connectivity index (χ4n) is 1.64. The number of aromatic nitrogens is 1. The second-order valence-corrected chi connectivity index (χ2v) is 4.36. The summed E-state index contributed by atoms with van der Waals surface area (Å²) in [6.45, 7) is 5.27. The van der Waals surface area contributed by atoms with Crippen LogP contribution in [0.25, 0.3) is 0 Å². The molecule has 0 spiro atoms. The molecule has 1 aromatic rings. The highest BCUT2D eigenvalue weighted by molar-refractivity contribution is 5.40. The third-order valence-corrected chi connectivity index (χ3v) is 2.78. The first-order chi connectivity index (χ1) is 7.65. The molecule has 3 heteroatoms. The van der Waals surface area contributed by atoms with Crippen LogP contribution in [-0.4, -0.2) is 18.6 Å². The zero-order valence-corrected chi connectivity index (χ0v) is 10.6. The second-order valence-electron chi connectivity index (χ2n) is 4.36. The Hall–Kier alpha value is -1.09. The van der Waals surface area contributed by atoms with E-state index in [2.05, 4.69) is 29.9 Å². The van der Waals surface area contributed by atoms with Crippen LogP contribution in [0.5, 0.6) is 0 Å². The number of pyridine rings is 1. The van der Waals surface area contributed by atoms with Crippen molar-refractivity contribution in [2.75, 3.05) is 18.5 Å². The molecule has 1 rings (SSSR count). The van der Waals surface area contributed by atoms with E-state index < -0.39 is 0 Å². The highest BCUT2D eigenvalue weighted by Crippen LogP contribution is 2.16. The van der Waals surface area contributed by atoms with Crippen LogP contribution in [0.1, 0.15) is 44.7 Å². The molecule has 0 saturated heterocycles. The Balaban J connectivity index is 2.60. The Morgan fingerprint density at radius 3 is 2.81 bits per heavy atom. The Labute approximate surface area is 98.7 Å². The molecular weight excluding hydrogens is 198 g/mol. The Bertz CT molecular complexity index is 310. The van der Waals surface area contributed by atoms with Gasteiger partial charge in [0.2, 0.25) is 0 Å². The topological polar surface area (TPSA) is 42.1 Å². The van der Waals surface area contributed by atoms with Crippen LogP contribution in [0.4, 0.5) is 5.82 Å². The second kappa shape index (κ2) is 6.48. The molecule has 1 unspecified atom stereocenters. The van der Waals surface area contributed by atoms with Gasteiger partial charge in [0, 0.05) is 25.8 Å². The summed E-state index contributed by atoms with van der Waals surface area (Å²) in [7, 11) is 2.09. The van der Waals surface area contributed by atoms with Gasteiger partial charge in [-0.25, -0.2) is 4.98 Å². The van der Waals surface area contributed by atoms with Crippen LogP contribution in [0.2, 0.25) is 0 Å². The third kappa shape index (κ3) is 3.81. The standard InChI is InChI=1S/C13H23N3/c1-4-5-6-9-16(3)13-10-12(11(2)14)7-8-15-13/h7-8,10-11H,4-6,9,14H2,1-3H3. The molecule has 0 amide bonds. The Morgan fingerprint density at radius 1 is 1.44 bits per heavy atom. The third-order valence-electron chi connectivity index (χ3n) is 2.78. The zero-order valence-electron chi connectivity index (χ0n) is 10.6. The van der Waals surface area contributed by atoms with E-state index >= 15 is 0 Å². The number of hydrogen-bond acceptors (Lipinski definition) is 3. The van der Waals surface area contributed by atoms with Gasteiger partial charge in [0.1, 0.15) is 5.82 Å².